The predicted octanol–water partition coefficient (Wildman–Crippen LogP) is 4.65. The third-order valence-electron chi connectivity index (χ3n) is 5.27. The van der Waals surface area contributed by atoms with Gasteiger partial charge in [0, 0.05) is 42.5 Å². The molecule has 0 unspecified atom stereocenters. The molecule has 5 nitrogen and oxygen atoms in total. The summed E-state index contributed by atoms with van der Waals surface area (Å²) in [4.78, 5) is 18.2. The van der Waals surface area contributed by atoms with Crippen molar-refractivity contribution in [3.05, 3.63) is 72.8 Å². The Labute approximate surface area is 171 Å². The second-order valence-corrected chi connectivity index (χ2v) is 7.10. The lowest BCUT2D eigenvalue weighted by Crippen LogP contribution is -2.26. The van der Waals surface area contributed by atoms with Crippen LogP contribution < -0.4 is 0 Å². The van der Waals surface area contributed by atoms with E-state index in [1.165, 1.54) is 30.5 Å². The van der Waals surface area contributed by atoms with Crippen molar-refractivity contribution in [3.63, 3.8) is 0 Å². The number of carbonyl (C=O) groups is 1. The zero-order chi connectivity index (χ0) is 21.3. The number of amides is 1. The van der Waals surface area contributed by atoms with Crippen LogP contribution in [-0.2, 0) is 4.79 Å². The maximum Gasteiger partial charge on any atom is 0.333 e. The van der Waals surface area contributed by atoms with E-state index in [9.17, 15) is 18.0 Å². The van der Waals surface area contributed by atoms with Crippen molar-refractivity contribution in [2.75, 3.05) is 13.1 Å². The van der Waals surface area contributed by atoms with Crippen molar-refractivity contribution in [3.8, 4) is 22.5 Å². The van der Waals surface area contributed by atoms with Gasteiger partial charge in [0.05, 0.1) is 11.4 Å². The Hall–Kier alpha value is -3.42. The van der Waals surface area contributed by atoms with Gasteiger partial charge in [0.2, 0.25) is 5.91 Å². The molecule has 3 aromatic rings. The fourth-order valence-electron chi connectivity index (χ4n) is 3.73. The average Bonchev–Trinajstić information content (AvgIpc) is 3.43. The molecule has 1 aliphatic rings. The second kappa shape index (κ2) is 8.14. The van der Waals surface area contributed by atoms with E-state index in [0.717, 1.165) is 12.0 Å². The Morgan fingerprint density at radius 2 is 1.97 bits per heavy atom. The molecule has 0 spiro atoms. The first-order chi connectivity index (χ1) is 14.5. The van der Waals surface area contributed by atoms with Gasteiger partial charge >= 0.3 is 6.55 Å². The van der Waals surface area contributed by atoms with Crippen LogP contribution in [0.1, 0.15) is 24.5 Å². The molecule has 0 bridgehead atoms. The highest BCUT2D eigenvalue weighted by atomic mass is 19.3. The number of nitrogens with zero attached hydrogens (tertiary/aromatic N) is 4. The molecule has 1 aromatic carbocycles. The number of aromatic nitrogens is 3. The van der Waals surface area contributed by atoms with Crippen molar-refractivity contribution in [2.24, 2.45) is 0 Å². The highest BCUT2D eigenvalue weighted by molar-refractivity contribution is 5.87. The summed E-state index contributed by atoms with van der Waals surface area (Å²) in [6.45, 7) is 1.86. The molecule has 0 aliphatic carbocycles. The number of alkyl halides is 2. The number of carbonyl (C=O) groups excluding carboxylic acids is 1. The van der Waals surface area contributed by atoms with E-state index in [2.05, 4.69) is 16.7 Å². The van der Waals surface area contributed by atoms with Crippen LogP contribution in [0, 0.1) is 5.82 Å². The molecule has 4 rings (SSSR count). The second-order valence-electron chi connectivity index (χ2n) is 7.10. The molecular formula is C22H19F3N4O. The van der Waals surface area contributed by atoms with Crippen molar-refractivity contribution in [1.29, 1.82) is 0 Å². The fourth-order valence-corrected chi connectivity index (χ4v) is 3.73. The highest BCUT2D eigenvalue weighted by Gasteiger charge is 2.29. The van der Waals surface area contributed by atoms with E-state index >= 15 is 0 Å². The Balaban J connectivity index is 1.76. The SMILES string of the molecule is C=CC(=O)N1CC[C@H](c2cnc(-c3ccc(F)cc3)cc2-c2ccn(C(F)F)n2)C1. The fraction of sp³-hybridized carbons (Fsp3) is 0.227. The number of pyridine rings is 1. The van der Waals surface area contributed by atoms with E-state index in [1.54, 1.807) is 29.3 Å². The van der Waals surface area contributed by atoms with E-state index in [0.29, 0.717) is 40.3 Å². The summed E-state index contributed by atoms with van der Waals surface area (Å²) in [5.74, 6) is -0.503. The normalized spacial score (nSPS) is 16.3. The molecule has 1 aliphatic heterocycles. The molecular weight excluding hydrogens is 393 g/mol. The van der Waals surface area contributed by atoms with Gasteiger partial charge in [0.1, 0.15) is 5.82 Å². The number of halogens is 3. The van der Waals surface area contributed by atoms with Crippen LogP contribution in [0.2, 0.25) is 0 Å². The molecule has 8 heteroatoms. The van der Waals surface area contributed by atoms with Gasteiger partial charge in [-0.2, -0.15) is 13.9 Å². The maximum absolute atomic E-state index is 13.3. The molecule has 154 valence electrons. The molecule has 0 N–H and O–H groups in total. The van der Waals surface area contributed by atoms with E-state index in [1.807, 2.05) is 0 Å². The van der Waals surface area contributed by atoms with Gasteiger partial charge in [-0.3, -0.25) is 9.78 Å². The number of likely N-dealkylation sites (tertiary alicyclic amines) is 1. The first-order valence-corrected chi connectivity index (χ1v) is 9.47. The Morgan fingerprint density at radius 1 is 1.20 bits per heavy atom. The molecule has 1 atom stereocenters. The molecule has 0 radical (unpaired) electrons. The molecule has 1 fully saturated rings. The molecule has 0 saturated carbocycles. The standard InChI is InChI=1S/C22H19F3N4O/c1-2-21(30)28-9-7-15(13-28)18-12-26-20(14-3-5-16(23)6-4-14)11-17(18)19-8-10-29(27-19)22(24)25/h2-6,8,10-12,15,22H,1,7,9,13H2/t15-/m0/s1. The first kappa shape index (κ1) is 19.9. The van der Waals surface area contributed by atoms with Gasteiger partial charge in [-0.15, -0.1) is 0 Å². The minimum atomic E-state index is -2.74. The zero-order valence-corrected chi connectivity index (χ0v) is 16.0. The van der Waals surface area contributed by atoms with Gasteiger partial charge in [-0.1, -0.05) is 6.58 Å². The smallest absolute Gasteiger partial charge is 0.333 e. The largest absolute Gasteiger partial charge is 0.339 e. The lowest BCUT2D eigenvalue weighted by atomic mass is 9.92. The van der Waals surface area contributed by atoms with Crippen LogP contribution in [0.25, 0.3) is 22.5 Å². The summed E-state index contributed by atoms with van der Waals surface area (Å²) in [6.07, 6.45) is 4.93. The van der Waals surface area contributed by atoms with Crippen LogP contribution in [0.3, 0.4) is 0 Å². The van der Waals surface area contributed by atoms with Gasteiger partial charge in [-0.25, -0.2) is 9.07 Å². The lowest BCUT2D eigenvalue weighted by Gasteiger charge is -2.17. The minimum Gasteiger partial charge on any atom is -0.339 e. The molecule has 30 heavy (non-hydrogen) atoms. The van der Waals surface area contributed by atoms with E-state index < -0.39 is 6.55 Å². The topological polar surface area (TPSA) is 51.0 Å². The van der Waals surface area contributed by atoms with Gasteiger partial charge in [0.25, 0.3) is 0 Å². The monoisotopic (exact) mass is 412 g/mol. The van der Waals surface area contributed by atoms with Crippen LogP contribution in [0.5, 0.6) is 0 Å². The van der Waals surface area contributed by atoms with Crippen LogP contribution >= 0.6 is 0 Å². The Bertz CT molecular complexity index is 1080. The molecule has 1 saturated heterocycles. The maximum atomic E-state index is 13.3. The summed E-state index contributed by atoms with van der Waals surface area (Å²) in [6, 6.07) is 9.20. The Kier molecular flexibility index (Phi) is 5.39. The van der Waals surface area contributed by atoms with Crippen molar-refractivity contribution < 1.29 is 18.0 Å². The Morgan fingerprint density at radius 3 is 2.63 bits per heavy atom. The van der Waals surface area contributed by atoms with E-state index in [4.69, 9.17) is 0 Å². The molecule has 1 amide bonds. The van der Waals surface area contributed by atoms with Gasteiger partial charge in [0.15, 0.2) is 0 Å². The summed E-state index contributed by atoms with van der Waals surface area (Å²) >= 11 is 0. The van der Waals surface area contributed by atoms with Crippen LogP contribution in [-0.4, -0.2) is 38.7 Å². The summed E-state index contributed by atoms with van der Waals surface area (Å²) in [7, 11) is 0. The minimum absolute atomic E-state index is 0.00429. The third-order valence-corrected chi connectivity index (χ3v) is 5.27. The number of benzene rings is 1. The summed E-state index contributed by atoms with van der Waals surface area (Å²) in [5, 5.41) is 4.01. The average molecular weight is 412 g/mol. The third kappa shape index (κ3) is 3.85. The first-order valence-electron chi connectivity index (χ1n) is 9.47. The van der Waals surface area contributed by atoms with Crippen LogP contribution in [0.15, 0.2) is 61.4 Å². The summed E-state index contributed by atoms with van der Waals surface area (Å²) in [5.41, 5.74) is 3.18. The van der Waals surface area contributed by atoms with Gasteiger partial charge < -0.3 is 4.90 Å². The zero-order valence-electron chi connectivity index (χ0n) is 16.0. The van der Waals surface area contributed by atoms with Crippen molar-refractivity contribution >= 4 is 5.91 Å². The van der Waals surface area contributed by atoms with Crippen molar-refractivity contribution in [2.45, 2.75) is 18.9 Å². The predicted molar refractivity (Wildman–Crippen MR) is 106 cm³/mol. The number of rotatable bonds is 5. The van der Waals surface area contributed by atoms with Gasteiger partial charge in [-0.05, 0) is 54.5 Å². The quantitative estimate of drug-likeness (QED) is 0.574. The summed E-state index contributed by atoms with van der Waals surface area (Å²) < 4.78 is 40.0. The highest BCUT2D eigenvalue weighted by Crippen LogP contribution is 2.36. The lowest BCUT2D eigenvalue weighted by molar-refractivity contribution is -0.125. The van der Waals surface area contributed by atoms with E-state index in [-0.39, 0.29) is 17.6 Å². The number of hydrogen-bond donors (Lipinski definition) is 0. The molecule has 2 aromatic heterocycles. The number of hydrogen-bond acceptors (Lipinski definition) is 3. The van der Waals surface area contributed by atoms with Crippen molar-refractivity contribution in [1.82, 2.24) is 19.7 Å². The van der Waals surface area contributed by atoms with Crippen LogP contribution in [0.4, 0.5) is 13.2 Å². The molecule has 3 heterocycles.